The number of carbonyl (C=O) groups excluding carboxylic acids is 2. The van der Waals surface area contributed by atoms with Crippen LogP contribution in [-0.2, 0) is 32.6 Å². The molecular weight excluding hydrogens is 452 g/mol. The van der Waals surface area contributed by atoms with Gasteiger partial charge in [-0.05, 0) is 55.0 Å². The predicted molar refractivity (Wildman–Crippen MR) is 131 cm³/mol. The molecule has 0 radical (unpaired) electrons. The molecule has 1 saturated heterocycles. The average Bonchev–Trinajstić information content (AvgIpc) is 3.00. The smallest absolute Gasteiger partial charge is 0.243 e. The van der Waals surface area contributed by atoms with Crippen LogP contribution in [0.3, 0.4) is 0 Å². The van der Waals surface area contributed by atoms with Crippen LogP contribution in [0.1, 0.15) is 36.8 Å². The molecule has 0 aliphatic carbocycles. The van der Waals surface area contributed by atoms with Gasteiger partial charge in [-0.25, -0.2) is 8.42 Å². The van der Waals surface area contributed by atoms with Gasteiger partial charge < -0.3 is 10.6 Å². The van der Waals surface area contributed by atoms with E-state index < -0.39 is 10.0 Å². The Morgan fingerprint density at radius 2 is 1.85 bits per heavy atom. The molecule has 0 bridgehead atoms. The minimum Gasteiger partial charge on any atom is -0.352 e. The number of aryl methyl sites for hydroxylation is 1. The Morgan fingerprint density at radius 3 is 2.59 bits per heavy atom. The standard InChI is InChI=1S/C25H32N4O4S/c1-28(34(32,33)22-10-11-23-20(16-22)8-5-9-24(30)27-23)18-25(31)26-21-12-14-29(15-13-21)17-19-6-3-2-4-7-19/h2-4,6-7,10-11,16,21H,5,8-9,12-15,17-18H2,1H3,(H,26,31)(H,27,30). The number of sulfonamides is 1. The first kappa shape index (κ1) is 24.4. The van der Waals surface area contributed by atoms with Gasteiger partial charge in [0.1, 0.15) is 0 Å². The zero-order valence-corrected chi connectivity index (χ0v) is 20.3. The molecule has 0 aromatic heterocycles. The lowest BCUT2D eigenvalue weighted by atomic mass is 10.0. The number of nitrogens with one attached hydrogen (secondary N) is 2. The lowest BCUT2D eigenvalue weighted by Gasteiger charge is -2.32. The van der Waals surface area contributed by atoms with Crippen LogP contribution in [0.15, 0.2) is 53.4 Å². The summed E-state index contributed by atoms with van der Waals surface area (Å²) >= 11 is 0. The molecule has 2 aliphatic rings. The van der Waals surface area contributed by atoms with E-state index in [-0.39, 0.29) is 29.3 Å². The normalized spacial score (nSPS) is 17.6. The number of nitrogens with zero attached hydrogens (tertiary/aromatic N) is 2. The zero-order chi connectivity index (χ0) is 24.1. The van der Waals surface area contributed by atoms with E-state index in [2.05, 4.69) is 27.7 Å². The summed E-state index contributed by atoms with van der Waals surface area (Å²) in [5, 5.41) is 5.81. The van der Waals surface area contributed by atoms with Gasteiger partial charge in [0.15, 0.2) is 0 Å². The van der Waals surface area contributed by atoms with Crippen molar-refractivity contribution in [1.82, 2.24) is 14.5 Å². The highest BCUT2D eigenvalue weighted by Crippen LogP contribution is 2.26. The molecule has 4 rings (SSSR count). The van der Waals surface area contributed by atoms with Crippen molar-refractivity contribution in [2.45, 2.75) is 49.6 Å². The molecule has 34 heavy (non-hydrogen) atoms. The number of carbonyl (C=O) groups is 2. The Morgan fingerprint density at radius 1 is 1.12 bits per heavy atom. The van der Waals surface area contributed by atoms with Gasteiger partial charge in [0.2, 0.25) is 21.8 Å². The van der Waals surface area contributed by atoms with E-state index in [1.165, 1.54) is 18.7 Å². The number of rotatable bonds is 7. The molecule has 2 aromatic rings. The van der Waals surface area contributed by atoms with Crippen molar-refractivity contribution in [1.29, 1.82) is 0 Å². The lowest BCUT2D eigenvalue weighted by molar-refractivity contribution is -0.122. The van der Waals surface area contributed by atoms with E-state index >= 15 is 0 Å². The summed E-state index contributed by atoms with van der Waals surface area (Å²) in [5.74, 6) is -0.358. The molecule has 2 amide bonds. The highest BCUT2D eigenvalue weighted by Gasteiger charge is 2.26. The molecule has 0 atom stereocenters. The lowest BCUT2D eigenvalue weighted by Crippen LogP contribution is -2.47. The third kappa shape index (κ3) is 6.02. The molecule has 0 saturated carbocycles. The van der Waals surface area contributed by atoms with Crippen molar-refractivity contribution in [2.75, 3.05) is 32.0 Å². The second-order valence-electron chi connectivity index (χ2n) is 9.09. The number of likely N-dealkylation sites (N-methyl/N-ethyl adjacent to an activating group) is 1. The van der Waals surface area contributed by atoms with Gasteiger partial charge in [-0.15, -0.1) is 0 Å². The Kier molecular flexibility index (Phi) is 7.65. The topological polar surface area (TPSA) is 98.8 Å². The maximum absolute atomic E-state index is 13.1. The van der Waals surface area contributed by atoms with Crippen molar-refractivity contribution >= 4 is 27.5 Å². The predicted octanol–water partition coefficient (Wildman–Crippen LogP) is 2.36. The third-order valence-electron chi connectivity index (χ3n) is 6.48. The Bertz CT molecular complexity index is 1130. The first-order valence-electron chi connectivity index (χ1n) is 11.8. The van der Waals surface area contributed by atoms with E-state index in [9.17, 15) is 18.0 Å². The summed E-state index contributed by atoms with van der Waals surface area (Å²) in [7, 11) is -2.40. The molecule has 0 spiro atoms. The molecular formula is C25H32N4O4S. The van der Waals surface area contributed by atoms with Gasteiger partial charge in [0, 0.05) is 44.8 Å². The fourth-order valence-electron chi connectivity index (χ4n) is 4.53. The van der Waals surface area contributed by atoms with Crippen LogP contribution in [-0.4, -0.2) is 62.2 Å². The van der Waals surface area contributed by atoms with Crippen molar-refractivity contribution in [3.8, 4) is 0 Å². The molecule has 9 heteroatoms. The van der Waals surface area contributed by atoms with Crippen molar-refractivity contribution in [3.63, 3.8) is 0 Å². The fraction of sp³-hybridized carbons (Fsp3) is 0.440. The molecule has 2 aliphatic heterocycles. The molecule has 8 nitrogen and oxygen atoms in total. The number of amides is 2. The van der Waals surface area contributed by atoms with Crippen LogP contribution >= 0.6 is 0 Å². The Labute approximate surface area is 201 Å². The second-order valence-corrected chi connectivity index (χ2v) is 11.1. The molecule has 2 N–H and O–H groups in total. The quantitative estimate of drug-likeness (QED) is 0.629. The Balaban J connectivity index is 1.29. The monoisotopic (exact) mass is 484 g/mol. The van der Waals surface area contributed by atoms with Gasteiger partial charge >= 0.3 is 0 Å². The zero-order valence-electron chi connectivity index (χ0n) is 19.5. The van der Waals surface area contributed by atoms with Crippen LogP contribution < -0.4 is 10.6 Å². The maximum atomic E-state index is 13.1. The van der Waals surface area contributed by atoms with Gasteiger partial charge in [0.05, 0.1) is 11.4 Å². The number of fused-ring (bicyclic) bond motifs is 1. The van der Waals surface area contributed by atoms with Crippen molar-refractivity contribution in [2.24, 2.45) is 0 Å². The number of hydrogen-bond acceptors (Lipinski definition) is 5. The summed E-state index contributed by atoms with van der Waals surface area (Å²) in [4.78, 5) is 26.8. The van der Waals surface area contributed by atoms with Crippen molar-refractivity contribution in [3.05, 3.63) is 59.7 Å². The summed E-state index contributed by atoms with van der Waals surface area (Å²) in [6.45, 7) is 2.44. The number of likely N-dealkylation sites (tertiary alicyclic amines) is 1. The number of piperidine rings is 1. The summed E-state index contributed by atoms with van der Waals surface area (Å²) in [6, 6.07) is 15.1. The first-order chi connectivity index (χ1) is 16.3. The molecule has 2 heterocycles. The Hall–Kier alpha value is -2.75. The minimum absolute atomic E-state index is 0.0479. The highest BCUT2D eigenvalue weighted by molar-refractivity contribution is 7.89. The summed E-state index contributed by atoms with van der Waals surface area (Å²) in [6.07, 6.45) is 3.40. The van der Waals surface area contributed by atoms with Crippen molar-refractivity contribution < 1.29 is 18.0 Å². The fourth-order valence-corrected chi connectivity index (χ4v) is 5.71. The van der Waals surface area contributed by atoms with Crippen LogP contribution in [0.2, 0.25) is 0 Å². The van der Waals surface area contributed by atoms with Crippen LogP contribution in [0.25, 0.3) is 0 Å². The molecule has 1 fully saturated rings. The summed E-state index contributed by atoms with van der Waals surface area (Å²) < 4.78 is 27.2. The molecule has 0 unspecified atom stereocenters. The van der Waals surface area contributed by atoms with Crippen LogP contribution in [0.4, 0.5) is 5.69 Å². The number of anilines is 1. The maximum Gasteiger partial charge on any atom is 0.243 e. The third-order valence-corrected chi connectivity index (χ3v) is 8.28. The van der Waals surface area contributed by atoms with Gasteiger partial charge in [-0.3, -0.25) is 14.5 Å². The van der Waals surface area contributed by atoms with E-state index in [1.54, 1.807) is 12.1 Å². The van der Waals surface area contributed by atoms with Crippen LogP contribution in [0, 0.1) is 0 Å². The highest BCUT2D eigenvalue weighted by atomic mass is 32.2. The largest absolute Gasteiger partial charge is 0.352 e. The number of hydrogen-bond donors (Lipinski definition) is 2. The number of benzene rings is 2. The molecule has 182 valence electrons. The van der Waals surface area contributed by atoms with Gasteiger partial charge in [-0.1, -0.05) is 30.3 Å². The van der Waals surface area contributed by atoms with E-state index in [0.717, 1.165) is 42.3 Å². The van der Waals surface area contributed by atoms with E-state index in [0.29, 0.717) is 24.9 Å². The van der Waals surface area contributed by atoms with Gasteiger partial charge in [-0.2, -0.15) is 4.31 Å². The first-order valence-corrected chi connectivity index (χ1v) is 13.2. The second kappa shape index (κ2) is 10.7. The summed E-state index contributed by atoms with van der Waals surface area (Å²) in [5.41, 5.74) is 2.73. The van der Waals surface area contributed by atoms with Gasteiger partial charge in [0.25, 0.3) is 0 Å². The average molecular weight is 485 g/mol. The molecule has 2 aromatic carbocycles. The minimum atomic E-state index is -3.83. The van der Waals surface area contributed by atoms with Crippen LogP contribution in [0.5, 0.6) is 0 Å². The van der Waals surface area contributed by atoms with E-state index in [4.69, 9.17) is 0 Å². The SMILES string of the molecule is CN(CC(=O)NC1CCN(Cc2ccccc2)CC1)S(=O)(=O)c1ccc2c(c1)CCCC(=O)N2. The van der Waals surface area contributed by atoms with E-state index in [1.807, 2.05) is 18.2 Å².